The van der Waals surface area contributed by atoms with Crippen molar-refractivity contribution in [1.82, 2.24) is 0 Å². The van der Waals surface area contributed by atoms with Gasteiger partial charge in [0.2, 0.25) is 0 Å². The maximum absolute atomic E-state index is 9.11. The Balaban J connectivity index is 3.11. The van der Waals surface area contributed by atoms with Gasteiger partial charge in [0.25, 0.3) is 0 Å². The molecule has 1 aromatic rings. The molecule has 0 spiro atoms. The van der Waals surface area contributed by atoms with E-state index in [0.717, 1.165) is 12.0 Å². The highest BCUT2D eigenvalue weighted by Crippen LogP contribution is 2.20. The van der Waals surface area contributed by atoms with E-state index in [1.165, 1.54) is 6.07 Å². The summed E-state index contributed by atoms with van der Waals surface area (Å²) >= 11 is 0. The van der Waals surface area contributed by atoms with Crippen LogP contribution in [0.2, 0.25) is 0 Å². The molecule has 1 aromatic carbocycles. The van der Waals surface area contributed by atoms with Crippen LogP contribution >= 0.6 is 0 Å². The van der Waals surface area contributed by atoms with Crippen LogP contribution in [-0.4, -0.2) is 17.2 Å². The summed E-state index contributed by atoms with van der Waals surface area (Å²) in [6.45, 7) is 6.29. The van der Waals surface area contributed by atoms with E-state index in [0.29, 0.717) is 11.0 Å². The summed E-state index contributed by atoms with van der Waals surface area (Å²) in [5.74, 6) is 0. The van der Waals surface area contributed by atoms with Crippen LogP contribution in [0.15, 0.2) is 18.2 Å². The van der Waals surface area contributed by atoms with Gasteiger partial charge < -0.3 is 10.0 Å². The molecule has 0 heterocycles. The van der Waals surface area contributed by atoms with Gasteiger partial charge in [-0.25, -0.2) is 0 Å². The van der Waals surface area contributed by atoms with Gasteiger partial charge in [-0.2, -0.15) is 5.26 Å². The van der Waals surface area contributed by atoms with Crippen molar-refractivity contribution in [3.63, 3.8) is 0 Å². The average molecular weight is 217 g/mol. The second kappa shape index (κ2) is 4.69. The predicted molar refractivity (Wildman–Crippen MR) is 64.1 cm³/mol. The minimum Gasteiger partial charge on any atom is -0.423 e. The fourth-order valence-electron chi connectivity index (χ4n) is 1.65. The Morgan fingerprint density at radius 2 is 1.88 bits per heavy atom. The largest absolute Gasteiger partial charge is 0.488 e. The lowest BCUT2D eigenvalue weighted by atomic mass is 9.77. The molecule has 0 aromatic heterocycles. The number of hydrogen-bond acceptors (Lipinski definition) is 3. The van der Waals surface area contributed by atoms with Crippen molar-refractivity contribution in [3.05, 3.63) is 29.3 Å². The van der Waals surface area contributed by atoms with Crippen molar-refractivity contribution in [2.75, 3.05) is 0 Å². The quantitative estimate of drug-likeness (QED) is 0.721. The van der Waals surface area contributed by atoms with Crippen molar-refractivity contribution in [2.24, 2.45) is 5.41 Å². The summed E-state index contributed by atoms with van der Waals surface area (Å²) in [5, 5.41) is 27.1. The van der Waals surface area contributed by atoms with Crippen molar-refractivity contribution in [3.8, 4) is 6.07 Å². The Kier molecular flexibility index (Phi) is 3.74. The highest BCUT2D eigenvalue weighted by atomic mass is 16.4. The summed E-state index contributed by atoms with van der Waals surface area (Å²) in [6, 6.07) is 7.04. The Morgan fingerprint density at radius 3 is 2.31 bits per heavy atom. The van der Waals surface area contributed by atoms with Crippen LogP contribution in [0.1, 0.15) is 31.9 Å². The van der Waals surface area contributed by atoms with Gasteiger partial charge in [-0.05, 0) is 35.0 Å². The normalized spacial score (nSPS) is 11.0. The van der Waals surface area contributed by atoms with Gasteiger partial charge in [0.1, 0.15) is 0 Å². The van der Waals surface area contributed by atoms with Crippen LogP contribution in [-0.2, 0) is 6.42 Å². The summed E-state index contributed by atoms with van der Waals surface area (Å²) in [7, 11) is -1.52. The lowest BCUT2D eigenvalue weighted by Gasteiger charge is -2.18. The highest BCUT2D eigenvalue weighted by molar-refractivity contribution is 6.58. The van der Waals surface area contributed by atoms with E-state index >= 15 is 0 Å². The first-order chi connectivity index (χ1) is 7.31. The third-order valence-corrected chi connectivity index (χ3v) is 2.18. The molecule has 0 aliphatic heterocycles. The third-order valence-electron chi connectivity index (χ3n) is 2.18. The van der Waals surface area contributed by atoms with Crippen LogP contribution < -0.4 is 5.46 Å². The first kappa shape index (κ1) is 12.8. The van der Waals surface area contributed by atoms with E-state index in [-0.39, 0.29) is 5.41 Å². The second-order valence-corrected chi connectivity index (χ2v) is 5.19. The van der Waals surface area contributed by atoms with Gasteiger partial charge in [-0.3, -0.25) is 0 Å². The van der Waals surface area contributed by atoms with Gasteiger partial charge in [0.05, 0.1) is 11.6 Å². The molecule has 0 aliphatic carbocycles. The molecule has 0 amide bonds. The lowest BCUT2D eigenvalue weighted by molar-refractivity contribution is 0.410. The van der Waals surface area contributed by atoms with Crippen molar-refractivity contribution >= 4 is 12.6 Å². The van der Waals surface area contributed by atoms with Gasteiger partial charge in [0.15, 0.2) is 0 Å². The first-order valence-electron chi connectivity index (χ1n) is 5.22. The Hall–Kier alpha value is -1.31. The molecule has 4 heteroatoms. The van der Waals surface area contributed by atoms with Crippen LogP contribution in [0, 0.1) is 16.7 Å². The topological polar surface area (TPSA) is 64.2 Å². The summed E-state index contributed by atoms with van der Waals surface area (Å²) in [5.41, 5.74) is 1.89. The second-order valence-electron chi connectivity index (χ2n) is 5.19. The third kappa shape index (κ3) is 3.69. The zero-order valence-electron chi connectivity index (χ0n) is 9.86. The van der Waals surface area contributed by atoms with Crippen LogP contribution in [0.25, 0.3) is 0 Å². The van der Waals surface area contributed by atoms with Gasteiger partial charge in [0, 0.05) is 0 Å². The first-order valence-corrected chi connectivity index (χ1v) is 5.22. The van der Waals surface area contributed by atoms with E-state index in [1.54, 1.807) is 12.1 Å². The molecule has 0 radical (unpaired) electrons. The summed E-state index contributed by atoms with van der Waals surface area (Å²) in [4.78, 5) is 0. The van der Waals surface area contributed by atoms with Crippen LogP contribution in [0.3, 0.4) is 0 Å². The summed E-state index contributed by atoms with van der Waals surface area (Å²) in [6.07, 6.45) is 0.794. The monoisotopic (exact) mass is 217 g/mol. The van der Waals surface area contributed by atoms with Crippen LogP contribution in [0.4, 0.5) is 0 Å². The number of benzene rings is 1. The maximum Gasteiger partial charge on any atom is 0.488 e. The van der Waals surface area contributed by atoms with Crippen molar-refractivity contribution in [1.29, 1.82) is 5.26 Å². The van der Waals surface area contributed by atoms with E-state index in [1.807, 2.05) is 6.07 Å². The molecule has 3 nitrogen and oxygen atoms in total. The molecule has 0 saturated heterocycles. The molecule has 1 rings (SSSR count). The Labute approximate surface area is 96.5 Å². The van der Waals surface area contributed by atoms with E-state index in [4.69, 9.17) is 15.3 Å². The fourth-order valence-corrected chi connectivity index (χ4v) is 1.65. The smallest absolute Gasteiger partial charge is 0.423 e. The van der Waals surface area contributed by atoms with Crippen LogP contribution in [0.5, 0.6) is 0 Å². The highest BCUT2D eigenvalue weighted by Gasteiger charge is 2.16. The molecule has 0 saturated carbocycles. The molecule has 16 heavy (non-hydrogen) atoms. The number of rotatable bonds is 2. The fraction of sp³-hybridized carbons (Fsp3) is 0.417. The van der Waals surface area contributed by atoms with E-state index in [9.17, 15) is 0 Å². The van der Waals surface area contributed by atoms with Gasteiger partial charge >= 0.3 is 7.12 Å². The zero-order chi connectivity index (χ0) is 12.3. The molecule has 0 atom stereocenters. The minimum absolute atomic E-state index is 0.103. The lowest BCUT2D eigenvalue weighted by Crippen LogP contribution is -2.30. The molecule has 0 unspecified atom stereocenters. The number of nitrogens with zero attached hydrogens (tertiary/aromatic N) is 1. The van der Waals surface area contributed by atoms with E-state index in [2.05, 4.69) is 20.8 Å². The van der Waals surface area contributed by atoms with Gasteiger partial charge in [-0.15, -0.1) is 0 Å². The van der Waals surface area contributed by atoms with E-state index < -0.39 is 7.12 Å². The number of hydrogen-bond donors (Lipinski definition) is 2. The summed E-state index contributed by atoms with van der Waals surface area (Å²) < 4.78 is 0. The number of nitriles is 1. The minimum atomic E-state index is -1.52. The van der Waals surface area contributed by atoms with Crippen molar-refractivity contribution < 1.29 is 10.0 Å². The Bertz CT molecular complexity index is 416. The predicted octanol–water partition coefficient (Wildman–Crippen LogP) is 0.827. The molecule has 0 fully saturated rings. The Morgan fingerprint density at radius 1 is 1.25 bits per heavy atom. The molecule has 0 bridgehead atoms. The SMILES string of the molecule is CC(C)(C)Cc1cc(C#N)cc(B(O)O)c1. The molecule has 2 N–H and O–H groups in total. The molecule has 84 valence electrons. The zero-order valence-corrected chi connectivity index (χ0v) is 9.86. The molecular weight excluding hydrogens is 201 g/mol. The average Bonchev–Trinajstić information content (AvgIpc) is 2.14. The molecule has 0 aliphatic rings. The molecular formula is C12H16BNO2. The van der Waals surface area contributed by atoms with Crippen molar-refractivity contribution in [2.45, 2.75) is 27.2 Å². The standard InChI is InChI=1S/C12H16BNO2/c1-12(2,3)7-9-4-10(8-14)6-11(5-9)13(15)16/h4-6,15-16H,7H2,1-3H3. The van der Waals surface area contributed by atoms with Gasteiger partial charge in [-0.1, -0.05) is 26.8 Å². The maximum atomic E-state index is 9.11.